The molecular formula is C31H40N4O6. The van der Waals surface area contributed by atoms with E-state index in [1.165, 1.54) is 6.34 Å². The molecule has 0 saturated heterocycles. The van der Waals surface area contributed by atoms with Crippen LogP contribution < -0.4 is 16.3 Å². The number of Topliss-reactive ketones (excluding diaryl/α,β-unsaturated/α-hetero) is 4. The quantitative estimate of drug-likeness (QED) is 0.234. The molecule has 1 aliphatic heterocycles. The normalized spacial score (nSPS) is 18.4. The van der Waals surface area contributed by atoms with Gasteiger partial charge in [-0.25, -0.2) is 0 Å². The SMILES string of the molecule is CC(C)(C)ON[C@@H](Cc1ccccc1)C(=O)C(=O)C1N=CNC1C(=O)C(=O)[C@H](Cc1ccccc1)NOC(C)(C)C. The molecule has 10 nitrogen and oxygen atoms in total. The molecule has 3 N–H and O–H groups in total. The van der Waals surface area contributed by atoms with Crippen molar-refractivity contribution in [1.82, 2.24) is 16.3 Å². The minimum Gasteiger partial charge on any atom is -0.364 e. The van der Waals surface area contributed by atoms with E-state index in [2.05, 4.69) is 21.3 Å². The van der Waals surface area contributed by atoms with Gasteiger partial charge in [-0.2, -0.15) is 11.0 Å². The molecule has 0 bridgehead atoms. The number of benzene rings is 2. The summed E-state index contributed by atoms with van der Waals surface area (Å²) in [6.45, 7) is 10.8. The third kappa shape index (κ3) is 9.79. The second-order valence-corrected chi connectivity index (χ2v) is 12.0. The van der Waals surface area contributed by atoms with Crippen molar-refractivity contribution in [3.63, 3.8) is 0 Å². The predicted molar refractivity (Wildman–Crippen MR) is 155 cm³/mol. The summed E-state index contributed by atoms with van der Waals surface area (Å²) in [6.07, 6.45) is 1.54. The average Bonchev–Trinajstić information content (AvgIpc) is 3.42. The fourth-order valence-corrected chi connectivity index (χ4v) is 4.03. The van der Waals surface area contributed by atoms with E-state index >= 15 is 0 Å². The molecule has 2 aromatic rings. The Bertz CT molecular complexity index is 1230. The van der Waals surface area contributed by atoms with Crippen molar-refractivity contribution in [3.05, 3.63) is 71.8 Å². The Kier molecular flexibility index (Phi) is 10.8. The summed E-state index contributed by atoms with van der Waals surface area (Å²) in [7, 11) is 0. The number of carbonyl (C=O) groups excluding carboxylic acids is 4. The third-order valence-corrected chi connectivity index (χ3v) is 6.05. The molecule has 0 spiro atoms. The number of ketones is 4. The number of hydrogen-bond donors (Lipinski definition) is 3. The zero-order chi connectivity index (χ0) is 30.2. The highest BCUT2D eigenvalue weighted by Gasteiger charge is 2.44. The summed E-state index contributed by atoms with van der Waals surface area (Å²) < 4.78 is 0. The maximum Gasteiger partial charge on any atom is 0.227 e. The first-order valence-electron chi connectivity index (χ1n) is 13.6. The van der Waals surface area contributed by atoms with Gasteiger partial charge in [-0.1, -0.05) is 60.7 Å². The van der Waals surface area contributed by atoms with Crippen LogP contribution in [0.1, 0.15) is 52.7 Å². The number of hydrogen-bond acceptors (Lipinski definition) is 10. The van der Waals surface area contributed by atoms with Gasteiger partial charge < -0.3 is 5.32 Å². The Morgan fingerprint density at radius 2 is 1.15 bits per heavy atom. The van der Waals surface area contributed by atoms with Crippen LogP contribution in [0.15, 0.2) is 65.7 Å². The molecule has 0 aromatic heterocycles. The van der Waals surface area contributed by atoms with Crippen LogP contribution in [-0.4, -0.2) is 64.8 Å². The highest BCUT2D eigenvalue weighted by molar-refractivity contribution is 6.46. The van der Waals surface area contributed by atoms with Crippen molar-refractivity contribution in [1.29, 1.82) is 0 Å². The van der Waals surface area contributed by atoms with Crippen molar-refractivity contribution in [2.45, 2.75) is 89.8 Å². The lowest BCUT2D eigenvalue weighted by molar-refractivity contribution is -0.148. The second-order valence-electron chi connectivity index (χ2n) is 12.0. The molecule has 2 aromatic carbocycles. The average molecular weight is 565 g/mol. The van der Waals surface area contributed by atoms with E-state index in [1.807, 2.05) is 81.4 Å². The first-order chi connectivity index (χ1) is 19.2. The lowest BCUT2D eigenvalue weighted by Crippen LogP contribution is -2.55. The highest BCUT2D eigenvalue weighted by Crippen LogP contribution is 2.16. The molecule has 0 aliphatic carbocycles. The van der Waals surface area contributed by atoms with Crippen molar-refractivity contribution in [2.24, 2.45) is 4.99 Å². The smallest absolute Gasteiger partial charge is 0.227 e. The Labute approximate surface area is 241 Å². The fraction of sp³-hybridized carbons (Fsp3) is 0.452. The summed E-state index contributed by atoms with van der Waals surface area (Å²) in [4.78, 5) is 69.2. The van der Waals surface area contributed by atoms with Crippen LogP contribution in [0.4, 0.5) is 0 Å². The van der Waals surface area contributed by atoms with Gasteiger partial charge in [-0.15, -0.1) is 0 Å². The molecule has 0 amide bonds. The van der Waals surface area contributed by atoms with Crippen LogP contribution in [-0.2, 0) is 41.7 Å². The highest BCUT2D eigenvalue weighted by atomic mass is 16.7. The maximum absolute atomic E-state index is 13.5. The van der Waals surface area contributed by atoms with E-state index in [0.29, 0.717) is 0 Å². The molecule has 3 rings (SSSR count). The Hall–Kier alpha value is -3.57. The first kappa shape index (κ1) is 32.0. The van der Waals surface area contributed by atoms with Crippen molar-refractivity contribution in [3.8, 4) is 0 Å². The van der Waals surface area contributed by atoms with Gasteiger partial charge in [0, 0.05) is 0 Å². The van der Waals surface area contributed by atoms with Gasteiger partial charge >= 0.3 is 0 Å². The predicted octanol–water partition coefficient (Wildman–Crippen LogP) is 2.49. The molecule has 1 heterocycles. The Morgan fingerprint density at radius 1 is 0.732 bits per heavy atom. The van der Waals surface area contributed by atoms with E-state index in [4.69, 9.17) is 9.68 Å². The number of carbonyl (C=O) groups is 4. The summed E-state index contributed by atoms with van der Waals surface area (Å²) in [5, 5.41) is 2.70. The first-order valence-corrected chi connectivity index (χ1v) is 13.6. The molecule has 1 aliphatic rings. The van der Waals surface area contributed by atoms with Crippen LogP contribution in [0.5, 0.6) is 0 Å². The number of nitrogens with zero attached hydrogens (tertiary/aromatic N) is 1. The zero-order valence-corrected chi connectivity index (χ0v) is 24.5. The molecule has 41 heavy (non-hydrogen) atoms. The molecule has 4 atom stereocenters. The standard InChI is InChI=1S/C31H40N4O6/c1-30(2,3)40-34-22(17-20-13-9-7-10-14-20)26(36)28(38)24-25(33-19-32-24)29(39)27(37)23(35-41-31(4,5)6)18-21-15-11-8-12-16-21/h7-16,19,22-25,34-35H,17-18H2,1-6H3,(H,32,33)/t22-,23-,24?,25?/m0/s1. The van der Waals surface area contributed by atoms with Gasteiger partial charge in [-0.05, 0) is 65.5 Å². The number of rotatable bonds is 14. The van der Waals surface area contributed by atoms with E-state index in [9.17, 15) is 19.2 Å². The lowest BCUT2D eigenvalue weighted by Gasteiger charge is -2.26. The molecule has 10 heteroatoms. The maximum atomic E-state index is 13.5. The van der Waals surface area contributed by atoms with E-state index in [1.54, 1.807) is 20.8 Å². The number of hydroxylamine groups is 2. The van der Waals surface area contributed by atoms with Gasteiger partial charge in [-0.3, -0.25) is 33.8 Å². The Morgan fingerprint density at radius 3 is 1.56 bits per heavy atom. The summed E-state index contributed by atoms with van der Waals surface area (Å²) in [6, 6.07) is 13.6. The topological polar surface area (TPSA) is 135 Å². The summed E-state index contributed by atoms with van der Waals surface area (Å²) in [5.41, 5.74) is 5.84. The van der Waals surface area contributed by atoms with Crippen molar-refractivity contribution < 1.29 is 28.9 Å². The van der Waals surface area contributed by atoms with Crippen LogP contribution >= 0.6 is 0 Å². The molecule has 0 fully saturated rings. The Balaban J connectivity index is 1.78. The summed E-state index contributed by atoms with van der Waals surface area (Å²) >= 11 is 0. The molecular weight excluding hydrogens is 524 g/mol. The molecule has 0 radical (unpaired) electrons. The van der Waals surface area contributed by atoms with E-state index in [-0.39, 0.29) is 12.8 Å². The van der Waals surface area contributed by atoms with Crippen LogP contribution in [0, 0.1) is 0 Å². The third-order valence-electron chi connectivity index (χ3n) is 6.05. The molecule has 2 unspecified atom stereocenters. The van der Waals surface area contributed by atoms with E-state index in [0.717, 1.165) is 11.1 Å². The van der Waals surface area contributed by atoms with Crippen LogP contribution in [0.3, 0.4) is 0 Å². The second kappa shape index (κ2) is 13.9. The van der Waals surface area contributed by atoms with Crippen molar-refractivity contribution in [2.75, 3.05) is 0 Å². The molecule has 220 valence electrons. The van der Waals surface area contributed by atoms with Gasteiger partial charge in [0.1, 0.15) is 24.2 Å². The largest absolute Gasteiger partial charge is 0.364 e. The van der Waals surface area contributed by atoms with Gasteiger partial charge in [0.15, 0.2) is 0 Å². The van der Waals surface area contributed by atoms with Crippen molar-refractivity contribution >= 4 is 29.5 Å². The number of aliphatic imine (C=N–C) groups is 1. The number of nitrogens with one attached hydrogen (secondary N) is 3. The van der Waals surface area contributed by atoms with Gasteiger partial charge in [0.25, 0.3) is 0 Å². The fourth-order valence-electron chi connectivity index (χ4n) is 4.03. The van der Waals surface area contributed by atoms with E-state index < -0.39 is 58.5 Å². The van der Waals surface area contributed by atoms with Gasteiger partial charge in [0.2, 0.25) is 23.1 Å². The lowest BCUT2D eigenvalue weighted by atomic mass is 9.90. The minimum absolute atomic E-state index is 0.177. The summed E-state index contributed by atoms with van der Waals surface area (Å²) in [5.74, 6) is -3.37. The van der Waals surface area contributed by atoms with Crippen LogP contribution in [0.25, 0.3) is 0 Å². The molecule has 0 saturated carbocycles. The minimum atomic E-state index is -1.39. The van der Waals surface area contributed by atoms with Gasteiger partial charge in [0.05, 0.1) is 17.5 Å². The monoisotopic (exact) mass is 564 g/mol. The zero-order valence-electron chi connectivity index (χ0n) is 24.5. The van der Waals surface area contributed by atoms with Crippen LogP contribution in [0.2, 0.25) is 0 Å².